The summed E-state index contributed by atoms with van der Waals surface area (Å²) in [5, 5.41) is 15.7. The van der Waals surface area contributed by atoms with E-state index in [0.29, 0.717) is 5.92 Å². The standard InChI is InChI=1S/C15H22N6/c1-2-20(12-13-7-6-10-16-11-13)15-17-18-19-21(15)14-8-4-3-5-9-14/h3-5,8-9,13,16H,2,6-7,10-12H2,1H3. The molecule has 1 N–H and O–H groups in total. The average molecular weight is 286 g/mol. The number of nitrogens with one attached hydrogen (secondary N) is 1. The molecule has 0 saturated carbocycles. The van der Waals surface area contributed by atoms with Crippen LogP contribution in [0, 0.1) is 5.92 Å². The van der Waals surface area contributed by atoms with Gasteiger partial charge in [0.15, 0.2) is 0 Å². The van der Waals surface area contributed by atoms with Crippen molar-refractivity contribution < 1.29 is 0 Å². The summed E-state index contributed by atoms with van der Waals surface area (Å²) in [6, 6.07) is 10.1. The fourth-order valence-electron chi connectivity index (χ4n) is 2.86. The minimum atomic E-state index is 0.666. The summed E-state index contributed by atoms with van der Waals surface area (Å²) in [5.41, 5.74) is 0.998. The van der Waals surface area contributed by atoms with Crippen molar-refractivity contribution in [1.82, 2.24) is 25.5 Å². The molecular weight excluding hydrogens is 264 g/mol. The third kappa shape index (κ3) is 3.21. The van der Waals surface area contributed by atoms with E-state index in [2.05, 4.69) is 32.7 Å². The maximum absolute atomic E-state index is 4.24. The molecule has 1 atom stereocenters. The fourth-order valence-corrected chi connectivity index (χ4v) is 2.86. The third-order valence-electron chi connectivity index (χ3n) is 4.00. The van der Waals surface area contributed by atoms with Gasteiger partial charge in [0.2, 0.25) is 5.95 Å². The lowest BCUT2D eigenvalue weighted by Crippen LogP contribution is -2.39. The number of benzene rings is 1. The van der Waals surface area contributed by atoms with Crippen molar-refractivity contribution in [2.24, 2.45) is 5.92 Å². The van der Waals surface area contributed by atoms with Crippen LogP contribution in [-0.2, 0) is 0 Å². The summed E-state index contributed by atoms with van der Waals surface area (Å²) in [6.45, 7) is 6.29. The Morgan fingerprint density at radius 2 is 2.19 bits per heavy atom. The molecule has 0 aliphatic carbocycles. The first kappa shape index (κ1) is 14.0. The molecule has 0 spiro atoms. The zero-order chi connectivity index (χ0) is 14.5. The third-order valence-corrected chi connectivity index (χ3v) is 4.00. The van der Waals surface area contributed by atoms with Gasteiger partial charge in [0.25, 0.3) is 0 Å². The summed E-state index contributed by atoms with van der Waals surface area (Å²) in [7, 11) is 0. The van der Waals surface area contributed by atoms with Crippen LogP contribution in [0.25, 0.3) is 5.69 Å². The van der Waals surface area contributed by atoms with Crippen LogP contribution >= 0.6 is 0 Å². The Bertz CT molecular complexity index is 546. The number of rotatable bonds is 5. The van der Waals surface area contributed by atoms with E-state index in [9.17, 15) is 0 Å². The molecular formula is C15H22N6. The first-order valence-electron chi connectivity index (χ1n) is 7.68. The number of nitrogens with zero attached hydrogens (tertiary/aromatic N) is 5. The topological polar surface area (TPSA) is 58.9 Å². The Morgan fingerprint density at radius 3 is 2.90 bits per heavy atom. The number of aromatic nitrogens is 4. The average Bonchev–Trinajstić information content (AvgIpc) is 3.04. The summed E-state index contributed by atoms with van der Waals surface area (Å²) < 4.78 is 1.82. The highest BCUT2D eigenvalue weighted by atomic mass is 15.6. The zero-order valence-corrected chi connectivity index (χ0v) is 12.4. The number of tetrazole rings is 1. The molecule has 2 heterocycles. The van der Waals surface area contributed by atoms with E-state index in [1.165, 1.54) is 12.8 Å². The number of hydrogen-bond acceptors (Lipinski definition) is 5. The second kappa shape index (κ2) is 6.67. The molecule has 1 aromatic heterocycles. The van der Waals surface area contributed by atoms with Crippen molar-refractivity contribution in [2.75, 3.05) is 31.1 Å². The van der Waals surface area contributed by atoms with Crippen LogP contribution in [0.15, 0.2) is 30.3 Å². The van der Waals surface area contributed by atoms with Gasteiger partial charge in [-0.3, -0.25) is 0 Å². The van der Waals surface area contributed by atoms with E-state index < -0.39 is 0 Å². The molecule has 6 heteroatoms. The van der Waals surface area contributed by atoms with Gasteiger partial charge in [0, 0.05) is 13.1 Å². The highest BCUT2D eigenvalue weighted by molar-refractivity contribution is 5.40. The highest BCUT2D eigenvalue weighted by Crippen LogP contribution is 2.18. The minimum absolute atomic E-state index is 0.666. The van der Waals surface area contributed by atoms with Crippen LogP contribution in [0.2, 0.25) is 0 Å². The van der Waals surface area contributed by atoms with Crippen LogP contribution < -0.4 is 10.2 Å². The van der Waals surface area contributed by atoms with Crippen LogP contribution in [0.4, 0.5) is 5.95 Å². The predicted molar refractivity (Wildman–Crippen MR) is 82.6 cm³/mol. The van der Waals surface area contributed by atoms with Crippen molar-refractivity contribution in [3.05, 3.63) is 30.3 Å². The molecule has 2 aromatic rings. The molecule has 1 unspecified atom stereocenters. The Balaban J connectivity index is 1.79. The van der Waals surface area contributed by atoms with E-state index in [-0.39, 0.29) is 0 Å². The van der Waals surface area contributed by atoms with Crippen LogP contribution in [0.1, 0.15) is 19.8 Å². The van der Waals surface area contributed by atoms with Crippen molar-refractivity contribution in [3.63, 3.8) is 0 Å². The van der Waals surface area contributed by atoms with Crippen molar-refractivity contribution >= 4 is 5.95 Å². The van der Waals surface area contributed by atoms with Gasteiger partial charge in [-0.2, -0.15) is 4.68 Å². The molecule has 1 saturated heterocycles. The maximum Gasteiger partial charge on any atom is 0.250 e. The first-order chi connectivity index (χ1) is 10.4. The van der Waals surface area contributed by atoms with Crippen molar-refractivity contribution in [2.45, 2.75) is 19.8 Å². The molecule has 0 bridgehead atoms. The van der Waals surface area contributed by atoms with Gasteiger partial charge >= 0.3 is 0 Å². The smallest absolute Gasteiger partial charge is 0.250 e. The Labute approximate surface area is 125 Å². The van der Waals surface area contributed by atoms with Crippen LogP contribution in [0.3, 0.4) is 0 Å². The second-order valence-corrected chi connectivity index (χ2v) is 5.48. The van der Waals surface area contributed by atoms with Gasteiger partial charge in [-0.15, -0.1) is 0 Å². The largest absolute Gasteiger partial charge is 0.339 e. The van der Waals surface area contributed by atoms with E-state index in [0.717, 1.165) is 37.8 Å². The molecule has 0 amide bonds. The predicted octanol–water partition coefficient (Wildman–Crippen LogP) is 1.49. The lowest BCUT2D eigenvalue weighted by atomic mass is 9.99. The van der Waals surface area contributed by atoms with E-state index in [4.69, 9.17) is 0 Å². The highest BCUT2D eigenvalue weighted by Gasteiger charge is 2.20. The number of para-hydroxylation sites is 1. The van der Waals surface area contributed by atoms with Crippen LogP contribution in [-0.4, -0.2) is 46.4 Å². The quantitative estimate of drug-likeness (QED) is 0.902. The molecule has 21 heavy (non-hydrogen) atoms. The molecule has 6 nitrogen and oxygen atoms in total. The molecule has 1 aliphatic heterocycles. The molecule has 1 aliphatic rings. The molecule has 1 fully saturated rings. The lowest BCUT2D eigenvalue weighted by Gasteiger charge is -2.29. The molecule has 0 radical (unpaired) electrons. The summed E-state index contributed by atoms with van der Waals surface area (Å²) in [4.78, 5) is 2.27. The van der Waals surface area contributed by atoms with Crippen molar-refractivity contribution in [1.29, 1.82) is 0 Å². The zero-order valence-electron chi connectivity index (χ0n) is 12.4. The number of piperidine rings is 1. The van der Waals surface area contributed by atoms with Crippen LogP contribution in [0.5, 0.6) is 0 Å². The molecule has 112 valence electrons. The van der Waals surface area contributed by atoms with Gasteiger partial charge in [-0.05, 0) is 61.3 Å². The first-order valence-corrected chi connectivity index (χ1v) is 7.68. The second-order valence-electron chi connectivity index (χ2n) is 5.48. The Morgan fingerprint density at radius 1 is 1.33 bits per heavy atom. The number of anilines is 1. The summed E-state index contributed by atoms with van der Waals surface area (Å²) in [5.74, 6) is 1.49. The van der Waals surface area contributed by atoms with E-state index in [1.807, 2.05) is 35.0 Å². The fraction of sp³-hybridized carbons (Fsp3) is 0.533. The van der Waals surface area contributed by atoms with Crippen molar-refractivity contribution in [3.8, 4) is 5.69 Å². The number of hydrogen-bond donors (Lipinski definition) is 1. The van der Waals surface area contributed by atoms with Gasteiger partial charge in [0.05, 0.1) is 5.69 Å². The monoisotopic (exact) mass is 286 g/mol. The Kier molecular flexibility index (Phi) is 4.45. The van der Waals surface area contributed by atoms with Gasteiger partial charge in [-0.25, -0.2) is 0 Å². The van der Waals surface area contributed by atoms with Gasteiger partial charge in [0.1, 0.15) is 0 Å². The Hall–Kier alpha value is -1.95. The SMILES string of the molecule is CCN(CC1CCCNC1)c1nnnn1-c1ccccc1. The van der Waals surface area contributed by atoms with Gasteiger partial charge < -0.3 is 10.2 Å². The normalized spacial score (nSPS) is 18.6. The lowest BCUT2D eigenvalue weighted by molar-refractivity contribution is 0.376. The molecule has 3 rings (SSSR count). The molecule has 1 aromatic carbocycles. The van der Waals surface area contributed by atoms with E-state index >= 15 is 0 Å². The maximum atomic E-state index is 4.24. The van der Waals surface area contributed by atoms with E-state index in [1.54, 1.807) is 0 Å². The summed E-state index contributed by atoms with van der Waals surface area (Å²) in [6.07, 6.45) is 2.53. The minimum Gasteiger partial charge on any atom is -0.339 e. The van der Waals surface area contributed by atoms with Gasteiger partial charge in [-0.1, -0.05) is 23.3 Å². The summed E-state index contributed by atoms with van der Waals surface area (Å²) >= 11 is 0.